The Morgan fingerprint density at radius 1 is 1.05 bits per heavy atom. The fourth-order valence-electron chi connectivity index (χ4n) is 6.29. The van der Waals surface area contributed by atoms with Crippen LogP contribution in [0.3, 0.4) is 0 Å². The lowest BCUT2D eigenvalue weighted by Crippen LogP contribution is -2.55. The molecule has 1 amide bonds. The Morgan fingerprint density at radius 2 is 1.74 bits per heavy atom. The average molecular weight is 618 g/mol. The van der Waals surface area contributed by atoms with Gasteiger partial charge in [0.15, 0.2) is 0 Å². The number of likely N-dealkylation sites (tertiary alicyclic amines) is 1. The van der Waals surface area contributed by atoms with Crippen LogP contribution in [0.15, 0.2) is 36.4 Å². The highest BCUT2D eigenvalue weighted by Crippen LogP contribution is 2.27. The predicted octanol–water partition coefficient (Wildman–Crippen LogP) is 2.53. The molecule has 6 N–H and O–H groups in total. The van der Waals surface area contributed by atoms with Crippen LogP contribution >= 0.6 is 11.6 Å². The van der Waals surface area contributed by atoms with Crippen molar-refractivity contribution in [2.75, 3.05) is 83.5 Å². The highest BCUT2D eigenvalue weighted by atomic mass is 35.5. The van der Waals surface area contributed by atoms with E-state index in [0.29, 0.717) is 63.7 Å². The summed E-state index contributed by atoms with van der Waals surface area (Å²) >= 11 is 6.36. The zero-order valence-electron chi connectivity index (χ0n) is 25.5. The first-order valence-corrected chi connectivity index (χ1v) is 16.0. The number of hydrogen-bond donors (Lipinski definition) is 3. The van der Waals surface area contributed by atoms with Gasteiger partial charge in [-0.3, -0.25) is 9.69 Å². The summed E-state index contributed by atoms with van der Waals surface area (Å²) in [5, 5.41) is 0.728. The predicted molar refractivity (Wildman–Crippen MR) is 172 cm³/mol. The Balaban J connectivity index is 1.24. The average Bonchev–Trinajstić information content (AvgIpc) is 3.02. The lowest BCUT2D eigenvalue weighted by Gasteiger charge is -2.39. The van der Waals surface area contributed by atoms with Gasteiger partial charge in [0, 0.05) is 81.7 Å². The molecule has 4 rings (SSSR count). The van der Waals surface area contributed by atoms with Crippen LogP contribution in [0.1, 0.15) is 30.9 Å². The summed E-state index contributed by atoms with van der Waals surface area (Å²) in [5.41, 5.74) is 21.2. The van der Waals surface area contributed by atoms with Gasteiger partial charge in [0.2, 0.25) is 5.91 Å². The fraction of sp³-hybridized carbons (Fsp3) is 0.594. The van der Waals surface area contributed by atoms with Crippen molar-refractivity contribution in [1.82, 2.24) is 14.7 Å². The third-order valence-electron chi connectivity index (χ3n) is 8.74. The molecule has 2 aromatic rings. The molecule has 0 radical (unpaired) electrons. The first-order valence-electron chi connectivity index (χ1n) is 15.7. The normalized spacial score (nSPS) is 17.7. The number of nitrogens with zero attached hydrogens (tertiary/aromatic N) is 4. The minimum atomic E-state index is -0.495. The van der Waals surface area contributed by atoms with Crippen LogP contribution in [0, 0.1) is 11.7 Å². The molecule has 2 aliphatic heterocycles. The molecule has 43 heavy (non-hydrogen) atoms. The van der Waals surface area contributed by atoms with Gasteiger partial charge in [-0.15, -0.1) is 0 Å². The molecule has 0 bridgehead atoms. The van der Waals surface area contributed by atoms with E-state index < -0.39 is 6.04 Å². The van der Waals surface area contributed by atoms with Crippen molar-refractivity contribution in [1.29, 1.82) is 0 Å². The molecular weight excluding hydrogens is 569 g/mol. The van der Waals surface area contributed by atoms with Crippen LogP contribution in [0.25, 0.3) is 0 Å². The summed E-state index contributed by atoms with van der Waals surface area (Å²) < 4.78 is 20.2. The standard InChI is InChI=1S/C32H49ClFN7O2/c1-2-43-30-5-3-4-28(34)27(30)23-39-18-20-41(21-19-39)32(42)31(37)24-8-13-38(14-9-24)15-10-25-22-26(33)6-7-29(25)40(16-11-35)17-12-36/h3-7,22,24,31H,2,8-21,23,35-37H2,1H3/t31-/m1/s1. The Kier molecular flexibility index (Phi) is 12.9. The summed E-state index contributed by atoms with van der Waals surface area (Å²) in [5.74, 6) is 0.524. The number of hydrogen-bond acceptors (Lipinski definition) is 8. The molecule has 238 valence electrons. The van der Waals surface area contributed by atoms with Crippen molar-refractivity contribution in [2.45, 2.75) is 38.8 Å². The van der Waals surface area contributed by atoms with Gasteiger partial charge in [-0.25, -0.2) is 4.39 Å². The zero-order chi connectivity index (χ0) is 30.8. The molecule has 2 fully saturated rings. The number of benzene rings is 2. The van der Waals surface area contributed by atoms with Crippen LogP contribution in [0.4, 0.5) is 10.1 Å². The third-order valence-corrected chi connectivity index (χ3v) is 8.98. The minimum absolute atomic E-state index is 0.0301. The lowest BCUT2D eigenvalue weighted by molar-refractivity contribution is -0.136. The number of amides is 1. The number of piperidine rings is 1. The molecule has 0 saturated carbocycles. The van der Waals surface area contributed by atoms with Crippen molar-refractivity contribution >= 4 is 23.2 Å². The SMILES string of the molecule is CCOc1cccc(F)c1CN1CCN(C(=O)[C@H](N)C2CCN(CCc3cc(Cl)ccc3N(CCN)CCN)CC2)CC1. The van der Waals surface area contributed by atoms with Gasteiger partial charge >= 0.3 is 0 Å². The van der Waals surface area contributed by atoms with Crippen LogP contribution in [-0.4, -0.2) is 105 Å². The maximum atomic E-state index is 14.5. The maximum absolute atomic E-state index is 14.5. The molecule has 2 heterocycles. The van der Waals surface area contributed by atoms with E-state index in [0.717, 1.165) is 62.7 Å². The van der Waals surface area contributed by atoms with E-state index >= 15 is 0 Å². The smallest absolute Gasteiger partial charge is 0.239 e. The summed E-state index contributed by atoms with van der Waals surface area (Å²) in [6, 6.07) is 10.5. The number of anilines is 1. The van der Waals surface area contributed by atoms with Crippen LogP contribution in [0.2, 0.25) is 5.02 Å². The first kappa shape index (κ1) is 33.4. The monoisotopic (exact) mass is 617 g/mol. The second-order valence-electron chi connectivity index (χ2n) is 11.5. The molecule has 9 nitrogen and oxygen atoms in total. The first-order chi connectivity index (χ1) is 20.8. The highest BCUT2D eigenvalue weighted by molar-refractivity contribution is 6.30. The number of carbonyl (C=O) groups excluding carboxylic acids is 1. The summed E-state index contributed by atoms with van der Waals surface area (Å²) in [6.07, 6.45) is 2.67. The molecule has 0 unspecified atom stereocenters. The number of carbonyl (C=O) groups is 1. The summed E-state index contributed by atoms with van der Waals surface area (Å²) in [7, 11) is 0. The summed E-state index contributed by atoms with van der Waals surface area (Å²) in [4.78, 5) is 22.1. The molecular formula is C32H49ClFN7O2. The zero-order valence-corrected chi connectivity index (χ0v) is 26.3. The van der Waals surface area contributed by atoms with Crippen molar-refractivity contribution in [3.05, 3.63) is 58.4 Å². The van der Waals surface area contributed by atoms with Gasteiger partial charge in [-0.05, 0) is 81.1 Å². The molecule has 2 aromatic carbocycles. The highest BCUT2D eigenvalue weighted by Gasteiger charge is 2.33. The number of halogens is 2. The molecule has 0 aliphatic carbocycles. The topological polar surface area (TPSA) is 117 Å². The molecule has 2 saturated heterocycles. The Hall–Kier alpha value is -2.47. The van der Waals surface area contributed by atoms with E-state index in [1.807, 2.05) is 24.0 Å². The minimum Gasteiger partial charge on any atom is -0.493 e. The number of piperazine rings is 1. The van der Waals surface area contributed by atoms with E-state index in [4.69, 9.17) is 33.5 Å². The van der Waals surface area contributed by atoms with Crippen LogP contribution in [0.5, 0.6) is 5.75 Å². The number of rotatable bonds is 14. The maximum Gasteiger partial charge on any atom is 0.239 e. The Bertz CT molecular complexity index is 1170. The van der Waals surface area contributed by atoms with Gasteiger partial charge in [0.05, 0.1) is 12.6 Å². The number of ether oxygens (including phenoxy) is 1. The second-order valence-corrected chi connectivity index (χ2v) is 12.0. The van der Waals surface area contributed by atoms with Gasteiger partial charge in [-0.2, -0.15) is 0 Å². The van der Waals surface area contributed by atoms with Crippen molar-refractivity contribution in [3.8, 4) is 5.75 Å². The molecule has 2 aliphatic rings. The fourth-order valence-corrected chi connectivity index (χ4v) is 6.48. The van der Waals surface area contributed by atoms with Gasteiger partial charge in [0.1, 0.15) is 11.6 Å². The molecule has 0 aromatic heterocycles. The van der Waals surface area contributed by atoms with E-state index in [2.05, 4.69) is 20.8 Å². The Morgan fingerprint density at radius 3 is 2.40 bits per heavy atom. The van der Waals surface area contributed by atoms with E-state index in [1.54, 1.807) is 12.1 Å². The Labute approximate surface area is 261 Å². The van der Waals surface area contributed by atoms with Crippen LogP contribution in [-0.2, 0) is 17.8 Å². The van der Waals surface area contributed by atoms with Gasteiger partial charge < -0.3 is 36.6 Å². The van der Waals surface area contributed by atoms with Gasteiger partial charge in [-0.1, -0.05) is 17.7 Å². The lowest BCUT2D eigenvalue weighted by atomic mass is 9.88. The number of nitrogens with two attached hydrogens (primary N) is 3. The van der Waals surface area contributed by atoms with Gasteiger partial charge in [0.25, 0.3) is 0 Å². The largest absolute Gasteiger partial charge is 0.493 e. The van der Waals surface area contributed by atoms with Crippen molar-refractivity contribution in [2.24, 2.45) is 23.1 Å². The van der Waals surface area contributed by atoms with Crippen LogP contribution < -0.4 is 26.8 Å². The second kappa shape index (κ2) is 16.6. The molecule has 11 heteroatoms. The van der Waals surface area contributed by atoms with E-state index in [1.165, 1.54) is 11.6 Å². The van der Waals surface area contributed by atoms with Crippen molar-refractivity contribution < 1.29 is 13.9 Å². The summed E-state index contributed by atoms with van der Waals surface area (Å²) in [6.45, 7) is 10.7. The third kappa shape index (κ3) is 9.03. The van der Waals surface area contributed by atoms with E-state index in [-0.39, 0.29) is 17.6 Å². The molecule has 1 atom stereocenters. The van der Waals surface area contributed by atoms with E-state index in [9.17, 15) is 9.18 Å². The molecule has 0 spiro atoms. The van der Waals surface area contributed by atoms with Crippen molar-refractivity contribution in [3.63, 3.8) is 0 Å². The quantitative estimate of drug-likeness (QED) is 0.296.